The minimum Gasteiger partial charge on any atom is -0.389 e. The second-order valence-corrected chi connectivity index (χ2v) is 7.79. The van der Waals surface area contributed by atoms with Crippen LogP contribution < -0.4 is 5.32 Å². The van der Waals surface area contributed by atoms with Gasteiger partial charge in [0.25, 0.3) is 0 Å². The van der Waals surface area contributed by atoms with Crippen LogP contribution in [0.2, 0.25) is 0 Å². The average molecular weight is 312 g/mol. The first-order chi connectivity index (χ1) is 9.96. The first-order valence-electron chi connectivity index (χ1n) is 7.84. The molecule has 2 N–H and O–H groups in total. The van der Waals surface area contributed by atoms with Crippen molar-refractivity contribution in [2.24, 2.45) is 5.41 Å². The largest absolute Gasteiger partial charge is 0.389 e. The van der Waals surface area contributed by atoms with Gasteiger partial charge >= 0.3 is 0 Å². The Bertz CT molecular complexity index is 434. The van der Waals surface area contributed by atoms with Crippen molar-refractivity contribution in [1.82, 2.24) is 10.3 Å². The zero-order valence-electron chi connectivity index (χ0n) is 13.4. The van der Waals surface area contributed by atoms with Gasteiger partial charge in [0.15, 0.2) is 0 Å². The van der Waals surface area contributed by atoms with E-state index in [9.17, 15) is 5.11 Å². The van der Waals surface area contributed by atoms with Gasteiger partial charge in [-0.2, -0.15) is 0 Å². The van der Waals surface area contributed by atoms with Gasteiger partial charge in [-0.05, 0) is 31.6 Å². The van der Waals surface area contributed by atoms with E-state index in [0.29, 0.717) is 31.2 Å². The van der Waals surface area contributed by atoms with Crippen molar-refractivity contribution in [3.63, 3.8) is 0 Å². The molecule has 0 spiro atoms. The summed E-state index contributed by atoms with van der Waals surface area (Å²) in [5, 5.41) is 13.4. The van der Waals surface area contributed by atoms with E-state index in [4.69, 9.17) is 4.74 Å². The Kier molecular flexibility index (Phi) is 6.17. The van der Waals surface area contributed by atoms with Gasteiger partial charge in [0.05, 0.1) is 30.5 Å². The molecule has 2 unspecified atom stereocenters. The van der Waals surface area contributed by atoms with Crippen LogP contribution in [-0.4, -0.2) is 42.0 Å². The molecule has 1 fully saturated rings. The van der Waals surface area contributed by atoms with E-state index in [2.05, 4.69) is 24.1 Å². The van der Waals surface area contributed by atoms with E-state index in [1.165, 1.54) is 24.1 Å². The van der Waals surface area contributed by atoms with E-state index in [1.807, 2.05) is 12.4 Å². The first kappa shape index (κ1) is 16.9. The molecule has 2 atom stereocenters. The molecule has 1 aromatic heterocycles. The second kappa shape index (κ2) is 7.68. The molecule has 0 bridgehead atoms. The molecule has 0 amide bonds. The van der Waals surface area contributed by atoms with Crippen LogP contribution in [0.5, 0.6) is 0 Å². The van der Waals surface area contributed by atoms with Crippen molar-refractivity contribution < 1.29 is 9.84 Å². The van der Waals surface area contributed by atoms with Gasteiger partial charge in [-0.1, -0.05) is 13.8 Å². The topological polar surface area (TPSA) is 54.4 Å². The number of aliphatic hydroxyl groups is 1. The zero-order valence-corrected chi connectivity index (χ0v) is 14.2. The van der Waals surface area contributed by atoms with Gasteiger partial charge in [-0.25, -0.2) is 4.98 Å². The minimum absolute atomic E-state index is 0.404. The molecule has 1 saturated carbocycles. The molecule has 0 aliphatic heterocycles. The van der Waals surface area contributed by atoms with Crippen molar-refractivity contribution in [2.75, 3.05) is 19.8 Å². The van der Waals surface area contributed by atoms with Gasteiger partial charge in [0.2, 0.25) is 0 Å². The smallest absolute Gasteiger partial charge is 0.0897 e. The summed E-state index contributed by atoms with van der Waals surface area (Å²) in [5.74, 6) is 0. The lowest BCUT2D eigenvalue weighted by Gasteiger charge is -2.19. The molecule has 1 heterocycles. The lowest BCUT2D eigenvalue weighted by atomic mass is 9.92. The number of rotatable bonds is 8. The number of aliphatic hydroxyl groups excluding tert-OH is 1. The highest BCUT2D eigenvalue weighted by atomic mass is 32.1. The molecule has 0 radical (unpaired) electrons. The van der Waals surface area contributed by atoms with E-state index in [0.717, 1.165) is 12.1 Å². The maximum absolute atomic E-state index is 9.95. The highest BCUT2D eigenvalue weighted by Crippen LogP contribution is 2.36. The maximum Gasteiger partial charge on any atom is 0.0897 e. The van der Waals surface area contributed by atoms with Crippen LogP contribution >= 0.6 is 11.3 Å². The van der Waals surface area contributed by atoms with Crippen LogP contribution in [0.15, 0.2) is 5.51 Å². The summed E-state index contributed by atoms with van der Waals surface area (Å²) >= 11 is 1.67. The molecular weight excluding hydrogens is 284 g/mol. The van der Waals surface area contributed by atoms with Crippen LogP contribution in [-0.2, 0) is 11.2 Å². The summed E-state index contributed by atoms with van der Waals surface area (Å²) in [4.78, 5) is 5.49. The third-order valence-electron chi connectivity index (χ3n) is 4.24. The maximum atomic E-state index is 9.95. The summed E-state index contributed by atoms with van der Waals surface area (Å²) in [6.45, 7) is 8.33. The van der Waals surface area contributed by atoms with Gasteiger partial charge in [-0.3, -0.25) is 0 Å². The third-order valence-corrected chi connectivity index (χ3v) is 5.23. The van der Waals surface area contributed by atoms with Crippen molar-refractivity contribution >= 4 is 11.3 Å². The molecule has 5 heteroatoms. The number of hydrogen-bond donors (Lipinski definition) is 2. The fourth-order valence-electron chi connectivity index (χ4n) is 2.92. The molecule has 4 nitrogen and oxygen atoms in total. The predicted octanol–water partition coefficient (Wildman–Crippen LogP) is 2.54. The second-order valence-electron chi connectivity index (χ2n) is 6.85. The fourth-order valence-corrected chi connectivity index (χ4v) is 3.68. The number of nitrogens with zero attached hydrogens (tertiary/aromatic N) is 1. The highest BCUT2D eigenvalue weighted by molar-refractivity contribution is 7.09. The molecule has 120 valence electrons. The van der Waals surface area contributed by atoms with Gasteiger partial charge < -0.3 is 15.2 Å². The van der Waals surface area contributed by atoms with Crippen molar-refractivity contribution in [2.45, 2.75) is 58.6 Å². The minimum atomic E-state index is -0.420. The summed E-state index contributed by atoms with van der Waals surface area (Å²) in [7, 11) is 0. The quantitative estimate of drug-likeness (QED) is 0.724. The standard InChI is InChI=1S/C16H28N2O2S/c1-12-15(21-11-18-12)5-7-20-10-14(19)9-17-13-4-6-16(2,3)8-13/h11,13-14,17,19H,4-10H2,1-3H3. The van der Waals surface area contributed by atoms with Crippen molar-refractivity contribution in [3.8, 4) is 0 Å². The van der Waals surface area contributed by atoms with Crippen molar-refractivity contribution in [3.05, 3.63) is 16.1 Å². The Balaban J connectivity index is 1.54. The van der Waals surface area contributed by atoms with Crippen molar-refractivity contribution in [1.29, 1.82) is 0 Å². The Morgan fingerprint density at radius 3 is 3.00 bits per heavy atom. The number of ether oxygens (including phenoxy) is 1. The normalized spacial score (nSPS) is 22.6. The lowest BCUT2D eigenvalue weighted by molar-refractivity contribution is 0.0370. The molecule has 21 heavy (non-hydrogen) atoms. The summed E-state index contributed by atoms with van der Waals surface area (Å²) < 4.78 is 5.57. The molecular formula is C16H28N2O2S. The van der Waals surface area contributed by atoms with Crippen LogP contribution in [0.4, 0.5) is 0 Å². The summed E-state index contributed by atoms with van der Waals surface area (Å²) in [5.41, 5.74) is 3.41. The van der Waals surface area contributed by atoms with Gasteiger partial charge in [-0.15, -0.1) is 11.3 Å². The Morgan fingerprint density at radius 1 is 1.57 bits per heavy atom. The monoisotopic (exact) mass is 312 g/mol. The number of hydrogen-bond acceptors (Lipinski definition) is 5. The Morgan fingerprint density at radius 2 is 2.38 bits per heavy atom. The average Bonchev–Trinajstić information content (AvgIpc) is 2.98. The zero-order chi connectivity index (χ0) is 15.3. The number of nitrogens with one attached hydrogen (secondary N) is 1. The predicted molar refractivity (Wildman–Crippen MR) is 86.8 cm³/mol. The molecule has 0 saturated heterocycles. The Hall–Kier alpha value is -0.490. The number of thiazole rings is 1. The number of aryl methyl sites for hydroxylation is 1. The van der Waals surface area contributed by atoms with E-state index >= 15 is 0 Å². The summed E-state index contributed by atoms with van der Waals surface area (Å²) in [6, 6.07) is 0.550. The van der Waals surface area contributed by atoms with E-state index in [1.54, 1.807) is 11.3 Å². The molecule has 1 aromatic rings. The number of aromatic nitrogens is 1. The van der Waals surface area contributed by atoms with Crippen LogP contribution in [0.1, 0.15) is 43.7 Å². The van der Waals surface area contributed by atoms with Crippen LogP contribution in [0.25, 0.3) is 0 Å². The van der Waals surface area contributed by atoms with Gasteiger partial charge in [0.1, 0.15) is 0 Å². The molecule has 1 aliphatic carbocycles. The molecule has 0 aromatic carbocycles. The van der Waals surface area contributed by atoms with E-state index < -0.39 is 6.10 Å². The SMILES string of the molecule is Cc1ncsc1CCOCC(O)CNC1CCC(C)(C)C1. The van der Waals surface area contributed by atoms with Crippen LogP contribution in [0.3, 0.4) is 0 Å². The van der Waals surface area contributed by atoms with Crippen LogP contribution in [0, 0.1) is 12.3 Å². The lowest BCUT2D eigenvalue weighted by Crippen LogP contribution is -2.36. The third kappa shape index (κ3) is 5.66. The fraction of sp³-hybridized carbons (Fsp3) is 0.812. The molecule has 2 rings (SSSR count). The highest BCUT2D eigenvalue weighted by Gasteiger charge is 2.30. The molecule has 1 aliphatic rings. The summed E-state index contributed by atoms with van der Waals surface area (Å²) in [6.07, 6.45) is 4.14. The van der Waals surface area contributed by atoms with Gasteiger partial charge in [0, 0.05) is 23.9 Å². The first-order valence-corrected chi connectivity index (χ1v) is 8.72. The Labute approximate surface area is 131 Å². The van der Waals surface area contributed by atoms with E-state index in [-0.39, 0.29) is 0 Å².